The smallest absolute Gasteiger partial charge is 0.162 e. The third-order valence-electron chi connectivity index (χ3n) is 4.51. The minimum atomic E-state index is 0.512. The van der Waals surface area contributed by atoms with Crippen LogP contribution < -0.4 is 0 Å². The number of benzene rings is 1. The third-order valence-corrected chi connectivity index (χ3v) is 4.51. The molecule has 4 rings (SSSR count). The monoisotopic (exact) mass is 332 g/mol. The predicted molar refractivity (Wildman–Crippen MR) is 93.4 cm³/mol. The molecule has 0 amide bonds. The maximum Gasteiger partial charge on any atom is 0.162 e. The number of aromatic nitrogens is 4. The summed E-state index contributed by atoms with van der Waals surface area (Å²) in [6.07, 6.45) is 4.83. The molecule has 0 N–H and O–H groups in total. The van der Waals surface area contributed by atoms with Gasteiger partial charge in [-0.1, -0.05) is 24.3 Å². The van der Waals surface area contributed by atoms with Gasteiger partial charge in [0.1, 0.15) is 6.07 Å². The van der Waals surface area contributed by atoms with E-state index in [9.17, 15) is 0 Å². The summed E-state index contributed by atoms with van der Waals surface area (Å²) in [5, 5.41) is 17.7. The summed E-state index contributed by atoms with van der Waals surface area (Å²) in [6.45, 7) is 4.44. The number of hydrogen-bond acceptors (Lipinski definition) is 4. The molecule has 25 heavy (non-hydrogen) atoms. The summed E-state index contributed by atoms with van der Waals surface area (Å²) >= 11 is 0. The molecule has 0 radical (unpaired) electrons. The Morgan fingerprint density at radius 3 is 2.76 bits per heavy atom. The Hall–Kier alpha value is -2.91. The summed E-state index contributed by atoms with van der Waals surface area (Å²) in [7, 11) is 0. The molecule has 2 aromatic heterocycles. The SMILES string of the molecule is N#Cc1cc2n(n1)CCCN(Cc1cccc(Cn3cccn3)c1)C2. The van der Waals surface area contributed by atoms with Crippen LogP contribution in [0.4, 0.5) is 0 Å². The van der Waals surface area contributed by atoms with Crippen molar-refractivity contribution in [3.05, 3.63) is 71.3 Å². The lowest BCUT2D eigenvalue weighted by molar-refractivity contribution is 0.261. The van der Waals surface area contributed by atoms with E-state index >= 15 is 0 Å². The minimum absolute atomic E-state index is 0.512. The van der Waals surface area contributed by atoms with Crippen molar-refractivity contribution in [2.24, 2.45) is 0 Å². The fourth-order valence-electron chi connectivity index (χ4n) is 3.38. The first-order chi connectivity index (χ1) is 12.3. The Balaban J connectivity index is 1.47. The number of rotatable bonds is 4. The van der Waals surface area contributed by atoms with E-state index in [4.69, 9.17) is 5.26 Å². The van der Waals surface area contributed by atoms with Crippen LogP contribution in [0.25, 0.3) is 0 Å². The van der Waals surface area contributed by atoms with Gasteiger partial charge in [-0.25, -0.2) is 0 Å². The lowest BCUT2D eigenvalue weighted by atomic mass is 10.1. The second kappa shape index (κ2) is 6.91. The summed E-state index contributed by atoms with van der Waals surface area (Å²) in [6, 6.07) is 14.7. The van der Waals surface area contributed by atoms with Crippen molar-refractivity contribution in [1.29, 1.82) is 5.26 Å². The number of hydrogen-bond donors (Lipinski definition) is 0. The van der Waals surface area contributed by atoms with Crippen LogP contribution in [-0.2, 0) is 26.2 Å². The van der Waals surface area contributed by atoms with Crippen molar-refractivity contribution in [3.63, 3.8) is 0 Å². The Morgan fingerprint density at radius 1 is 1.08 bits per heavy atom. The molecule has 1 aromatic carbocycles. The first-order valence-corrected chi connectivity index (χ1v) is 8.54. The van der Waals surface area contributed by atoms with Crippen molar-refractivity contribution in [1.82, 2.24) is 24.5 Å². The van der Waals surface area contributed by atoms with Crippen LogP contribution in [0.15, 0.2) is 48.8 Å². The maximum atomic E-state index is 9.05. The van der Waals surface area contributed by atoms with Crippen molar-refractivity contribution in [3.8, 4) is 6.07 Å². The van der Waals surface area contributed by atoms with Gasteiger partial charge in [0.2, 0.25) is 0 Å². The van der Waals surface area contributed by atoms with Gasteiger partial charge in [-0.2, -0.15) is 15.5 Å². The Bertz CT molecular complexity index is 887. The summed E-state index contributed by atoms with van der Waals surface area (Å²) < 4.78 is 3.92. The second-order valence-electron chi connectivity index (χ2n) is 6.44. The van der Waals surface area contributed by atoms with Gasteiger partial charge in [0.25, 0.3) is 0 Å². The minimum Gasteiger partial charge on any atom is -0.293 e. The number of fused-ring (bicyclic) bond motifs is 1. The highest BCUT2D eigenvalue weighted by atomic mass is 15.3. The van der Waals surface area contributed by atoms with Crippen LogP contribution in [0.3, 0.4) is 0 Å². The fourth-order valence-corrected chi connectivity index (χ4v) is 3.38. The average molecular weight is 332 g/mol. The molecule has 0 unspecified atom stereocenters. The molecule has 0 aliphatic carbocycles. The zero-order chi connectivity index (χ0) is 17.1. The van der Waals surface area contributed by atoms with E-state index in [2.05, 4.69) is 45.4 Å². The van der Waals surface area contributed by atoms with Crippen LogP contribution >= 0.6 is 0 Å². The van der Waals surface area contributed by atoms with Gasteiger partial charge < -0.3 is 0 Å². The summed E-state index contributed by atoms with van der Waals surface area (Å²) in [4.78, 5) is 2.43. The third kappa shape index (κ3) is 3.62. The molecule has 6 heteroatoms. The zero-order valence-corrected chi connectivity index (χ0v) is 14.0. The molecule has 1 aliphatic heterocycles. The van der Waals surface area contributed by atoms with Gasteiger partial charge in [0.15, 0.2) is 5.69 Å². The highest BCUT2D eigenvalue weighted by Gasteiger charge is 2.17. The Labute approximate surface area is 146 Å². The van der Waals surface area contributed by atoms with Crippen LogP contribution in [0.2, 0.25) is 0 Å². The van der Waals surface area contributed by atoms with Gasteiger partial charge >= 0.3 is 0 Å². The summed E-state index contributed by atoms with van der Waals surface area (Å²) in [5.74, 6) is 0. The van der Waals surface area contributed by atoms with Crippen molar-refractivity contribution >= 4 is 0 Å². The molecule has 3 aromatic rings. The highest BCUT2D eigenvalue weighted by molar-refractivity contribution is 5.25. The molecule has 126 valence electrons. The molecular weight excluding hydrogens is 312 g/mol. The van der Waals surface area contributed by atoms with Gasteiger partial charge in [0.05, 0.1) is 12.2 Å². The second-order valence-corrected chi connectivity index (χ2v) is 6.44. The predicted octanol–water partition coefficient (Wildman–Crippen LogP) is 2.41. The fraction of sp³-hybridized carbons (Fsp3) is 0.316. The Morgan fingerprint density at radius 2 is 1.96 bits per heavy atom. The number of nitriles is 1. The Kier molecular flexibility index (Phi) is 4.32. The first-order valence-electron chi connectivity index (χ1n) is 8.54. The van der Waals surface area contributed by atoms with E-state index in [0.29, 0.717) is 5.69 Å². The molecule has 0 spiro atoms. The van der Waals surface area contributed by atoms with E-state index in [1.807, 2.05) is 27.7 Å². The lowest BCUT2D eigenvalue weighted by Crippen LogP contribution is -2.22. The quantitative estimate of drug-likeness (QED) is 0.736. The van der Waals surface area contributed by atoms with Gasteiger partial charge in [-0.3, -0.25) is 14.3 Å². The van der Waals surface area contributed by atoms with Crippen LogP contribution in [-0.4, -0.2) is 31.0 Å². The highest BCUT2D eigenvalue weighted by Crippen LogP contribution is 2.17. The topological polar surface area (TPSA) is 62.7 Å². The lowest BCUT2D eigenvalue weighted by Gasteiger charge is -2.20. The molecular formula is C19H20N6. The van der Waals surface area contributed by atoms with E-state index < -0.39 is 0 Å². The molecule has 6 nitrogen and oxygen atoms in total. The van der Waals surface area contributed by atoms with E-state index in [1.54, 1.807) is 6.20 Å². The first kappa shape index (κ1) is 15.6. The average Bonchev–Trinajstić information content (AvgIpc) is 3.22. The van der Waals surface area contributed by atoms with E-state index in [1.165, 1.54) is 11.1 Å². The molecule has 0 saturated carbocycles. The van der Waals surface area contributed by atoms with Crippen molar-refractivity contribution in [2.45, 2.75) is 32.6 Å². The van der Waals surface area contributed by atoms with Gasteiger partial charge in [-0.15, -0.1) is 0 Å². The molecule has 0 fully saturated rings. The molecule has 0 saturated heterocycles. The van der Waals surface area contributed by atoms with E-state index in [0.717, 1.165) is 44.8 Å². The standard InChI is InChI=1S/C19H20N6/c20-12-18-11-19-15-23(7-3-9-25(19)22-18)13-16-4-1-5-17(10-16)14-24-8-2-6-21-24/h1-2,4-6,8,10-11H,3,7,9,13-15H2. The van der Waals surface area contributed by atoms with Crippen LogP contribution in [0.5, 0.6) is 0 Å². The van der Waals surface area contributed by atoms with Crippen LogP contribution in [0, 0.1) is 11.3 Å². The van der Waals surface area contributed by atoms with Gasteiger partial charge in [0, 0.05) is 38.6 Å². The number of nitrogens with zero attached hydrogens (tertiary/aromatic N) is 6. The van der Waals surface area contributed by atoms with Crippen LogP contribution in [0.1, 0.15) is 28.9 Å². The van der Waals surface area contributed by atoms with Gasteiger partial charge in [-0.05, 0) is 29.7 Å². The largest absolute Gasteiger partial charge is 0.293 e. The summed E-state index contributed by atoms with van der Waals surface area (Å²) in [5.41, 5.74) is 4.20. The normalized spacial score (nSPS) is 14.7. The zero-order valence-electron chi connectivity index (χ0n) is 14.0. The molecule has 0 bridgehead atoms. The van der Waals surface area contributed by atoms with E-state index in [-0.39, 0.29) is 0 Å². The van der Waals surface area contributed by atoms with Crippen molar-refractivity contribution in [2.75, 3.05) is 6.54 Å². The molecule has 0 atom stereocenters. The van der Waals surface area contributed by atoms with Crippen molar-refractivity contribution < 1.29 is 0 Å². The molecule has 3 heterocycles. The molecule has 1 aliphatic rings. The number of aryl methyl sites for hydroxylation is 1. The maximum absolute atomic E-state index is 9.05.